The number of piperazine rings is 1. The average molecular weight is 700 g/mol. The Kier molecular flexibility index (Phi) is 9.87. The van der Waals surface area contributed by atoms with E-state index in [9.17, 15) is 14.7 Å². The highest BCUT2D eigenvalue weighted by Gasteiger charge is 2.42. The van der Waals surface area contributed by atoms with Crippen LogP contribution >= 0.6 is 11.3 Å². The number of nitrogens with zero attached hydrogens (tertiary/aromatic N) is 7. The van der Waals surface area contributed by atoms with Crippen LogP contribution in [0.15, 0.2) is 54.8 Å². The van der Waals surface area contributed by atoms with Crippen molar-refractivity contribution in [2.45, 2.75) is 32.9 Å². The zero-order chi connectivity index (χ0) is 35.9. The summed E-state index contributed by atoms with van der Waals surface area (Å²) >= 11 is 1.30. The van der Waals surface area contributed by atoms with Crippen LogP contribution in [0.2, 0.25) is 0 Å². The van der Waals surface area contributed by atoms with E-state index in [2.05, 4.69) is 21.9 Å². The maximum Gasteiger partial charge on any atom is 0.253 e. The number of aromatic nitrogens is 3. The Balaban J connectivity index is 1.62. The van der Waals surface area contributed by atoms with Crippen LogP contribution in [0.4, 0.5) is 21.0 Å². The van der Waals surface area contributed by atoms with Gasteiger partial charge in [0.1, 0.15) is 17.3 Å². The Hall–Kier alpha value is -4.92. The van der Waals surface area contributed by atoms with E-state index in [1.165, 1.54) is 23.5 Å². The molecule has 1 atom stereocenters. The van der Waals surface area contributed by atoms with Gasteiger partial charge in [0.25, 0.3) is 5.91 Å². The topological polar surface area (TPSA) is 144 Å². The lowest BCUT2D eigenvalue weighted by Crippen LogP contribution is -2.51. The van der Waals surface area contributed by atoms with Gasteiger partial charge in [0.05, 0.1) is 32.9 Å². The molecule has 2 aliphatic heterocycles. The molecule has 4 aromatic rings. The molecule has 6 rings (SSSR count). The number of nitrogens with two attached hydrogens (primary N) is 1. The van der Waals surface area contributed by atoms with Crippen molar-refractivity contribution in [3.63, 3.8) is 0 Å². The number of anilines is 3. The minimum absolute atomic E-state index is 0.0316. The summed E-state index contributed by atoms with van der Waals surface area (Å²) in [4.78, 5) is 48.0. The minimum atomic E-state index is -1.53. The van der Waals surface area contributed by atoms with Crippen LogP contribution in [0.25, 0.3) is 27.2 Å². The van der Waals surface area contributed by atoms with E-state index < -0.39 is 18.0 Å². The summed E-state index contributed by atoms with van der Waals surface area (Å²) in [5.41, 5.74) is 9.87. The molecule has 2 amide bonds. The third-order valence-electron chi connectivity index (χ3n) is 9.00. The molecule has 5 heterocycles. The summed E-state index contributed by atoms with van der Waals surface area (Å²) < 4.78 is 17.4. The van der Waals surface area contributed by atoms with Crippen molar-refractivity contribution in [1.29, 1.82) is 0 Å². The third-order valence-corrected chi connectivity index (χ3v) is 9.85. The second-order valence-electron chi connectivity index (χ2n) is 13.0. The van der Waals surface area contributed by atoms with Gasteiger partial charge in [-0.05, 0) is 56.8 Å². The number of amides is 2. The molecule has 50 heavy (non-hydrogen) atoms. The lowest BCUT2D eigenvalue weighted by atomic mass is 9.93. The summed E-state index contributed by atoms with van der Waals surface area (Å²) in [7, 11) is 3.80. The van der Waals surface area contributed by atoms with Crippen LogP contribution in [-0.4, -0.2) is 106 Å². The number of halogens is 1. The molecular weight excluding hydrogens is 658 g/mol. The van der Waals surface area contributed by atoms with Crippen LogP contribution < -0.4 is 16.0 Å². The summed E-state index contributed by atoms with van der Waals surface area (Å²) in [6.45, 7) is 11.8. The number of carbonyl (C=O) groups excluding carboxylic acids is 2. The molecule has 2 aliphatic rings. The number of rotatable bonds is 9. The maximum atomic E-state index is 16.7. The monoisotopic (exact) mass is 699 g/mol. The van der Waals surface area contributed by atoms with Crippen LogP contribution in [0, 0.1) is 12.7 Å². The number of fused-ring (bicyclic) bond motifs is 2. The molecule has 1 saturated heterocycles. The van der Waals surface area contributed by atoms with Crippen molar-refractivity contribution in [2.75, 3.05) is 64.0 Å². The van der Waals surface area contributed by atoms with Gasteiger partial charge in [-0.25, -0.2) is 14.4 Å². The van der Waals surface area contributed by atoms with Gasteiger partial charge in [-0.15, -0.1) is 0 Å². The highest BCUT2D eigenvalue weighted by atomic mass is 32.1. The number of carbonyl (C=O) groups is 2. The average Bonchev–Trinajstić information content (AvgIpc) is 3.48. The van der Waals surface area contributed by atoms with Gasteiger partial charge in [-0.2, -0.15) is 0 Å². The first-order chi connectivity index (χ1) is 23.9. The fourth-order valence-electron chi connectivity index (χ4n) is 6.56. The van der Waals surface area contributed by atoms with Crippen molar-refractivity contribution in [2.24, 2.45) is 0 Å². The first-order valence-corrected chi connectivity index (χ1v) is 17.3. The number of nitrogens with one attached hydrogen (secondary N) is 1. The van der Waals surface area contributed by atoms with E-state index in [-0.39, 0.29) is 28.9 Å². The minimum Gasteiger partial charge on any atom is -0.375 e. The zero-order valence-corrected chi connectivity index (χ0v) is 29.7. The molecule has 1 unspecified atom stereocenters. The third kappa shape index (κ3) is 6.41. The molecule has 12 nitrogen and oxygen atoms in total. The molecule has 262 valence electrons. The highest BCUT2D eigenvalue weighted by Crippen LogP contribution is 2.47. The molecule has 1 aromatic carbocycles. The van der Waals surface area contributed by atoms with Crippen LogP contribution in [0.1, 0.15) is 36.6 Å². The maximum absolute atomic E-state index is 16.7. The van der Waals surface area contributed by atoms with Gasteiger partial charge < -0.3 is 30.9 Å². The Morgan fingerprint density at radius 3 is 2.60 bits per heavy atom. The fraction of sp³-hybridized carbons (Fsp3) is 0.361. The molecule has 1 fully saturated rings. The number of para-hydroxylation sites is 1. The Morgan fingerprint density at radius 1 is 1.18 bits per heavy atom. The molecule has 0 saturated carbocycles. The second kappa shape index (κ2) is 14.1. The van der Waals surface area contributed by atoms with Crippen LogP contribution in [0.5, 0.6) is 0 Å². The standard InChI is InChI=1S/C36H42FN9O3S/c1-7-26(47)44-15-17-45(18-16-44)32-23-19-24(37)29(22-9-8-10-25-30(22)42-36(38)50-25)41-33(23)46(31-21(4)11-12-39-28(31)20(2)3)35(49)27(32)34(48)40-13-14-43(5)6/h7-12,19-20,35,49H,1,13-18H2,2-6H3,(H2,38,42)(H,40,48). The van der Waals surface area contributed by atoms with E-state index in [0.29, 0.717) is 78.1 Å². The van der Waals surface area contributed by atoms with Gasteiger partial charge in [-0.3, -0.25) is 19.5 Å². The van der Waals surface area contributed by atoms with Crippen LogP contribution in [0.3, 0.4) is 0 Å². The predicted molar refractivity (Wildman–Crippen MR) is 195 cm³/mol. The van der Waals surface area contributed by atoms with Crippen molar-refractivity contribution in [1.82, 2.24) is 35.0 Å². The SMILES string of the molecule is C=CC(=O)N1CCN(C2=C(C(=O)NCCN(C)C)C(O)N(c3c(C)ccnc3C(C)C)c3nc(-c4cccc5sc(N)nc45)c(F)cc32)CC1. The second-order valence-corrected chi connectivity index (χ2v) is 14.1. The Morgan fingerprint density at radius 2 is 1.92 bits per heavy atom. The summed E-state index contributed by atoms with van der Waals surface area (Å²) in [6, 6.07) is 8.63. The fourth-order valence-corrected chi connectivity index (χ4v) is 7.32. The molecule has 0 radical (unpaired) electrons. The molecule has 3 aromatic heterocycles. The van der Waals surface area contributed by atoms with Crippen molar-refractivity contribution < 1.29 is 19.1 Å². The van der Waals surface area contributed by atoms with E-state index in [1.54, 1.807) is 28.1 Å². The number of hydrogen-bond acceptors (Lipinski definition) is 11. The van der Waals surface area contributed by atoms with Gasteiger partial charge in [0, 0.05) is 56.6 Å². The quantitative estimate of drug-likeness (QED) is 0.219. The first kappa shape index (κ1) is 34.9. The number of benzene rings is 1. The number of aliphatic hydroxyl groups is 1. The number of aryl methyl sites for hydroxylation is 1. The first-order valence-electron chi connectivity index (χ1n) is 16.5. The molecule has 0 bridgehead atoms. The van der Waals surface area contributed by atoms with Crippen molar-refractivity contribution >= 4 is 55.7 Å². The van der Waals surface area contributed by atoms with E-state index >= 15 is 4.39 Å². The highest BCUT2D eigenvalue weighted by molar-refractivity contribution is 7.22. The molecular formula is C36H42FN9O3S. The number of thiazole rings is 1. The normalized spacial score (nSPS) is 16.4. The van der Waals surface area contributed by atoms with E-state index in [4.69, 9.17) is 10.7 Å². The van der Waals surface area contributed by atoms with Crippen LogP contribution in [-0.2, 0) is 9.59 Å². The largest absolute Gasteiger partial charge is 0.375 e. The van der Waals surface area contributed by atoms with Gasteiger partial charge in [0.2, 0.25) is 5.91 Å². The molecule has 14 heteroatoms. The smallest absolute Gasteiger partial charge is 0.253 e. The summed E-state index contributed by atoms with van der Waals surface area (Å²) in [5, 5.41) is 15.8. The predicted octanol–water partition coefficient (Wildman–Crippen LogP) is 4.10. The van der Waals surface area contributed by atoms with E-state index in [0.717, 1.165) is 10.3 Å². The van der Waals surface area contributed by atoms with Gasteiger partial charge in [-0.1, -0.05) is 43.9 Å². The van der Waals surface area contributed by atoms with Gasteiger partial charge >= 0.3 is 0 Å². The number of aliphatic hydroxyl groups excluding tert-OH is 1. The Labute approximate surface area is 294 Å². The van der Waals surface area contributed by atoms with Crippen molar-refractivity contribution in [3.05, 3.63) is 77.4 Å². The van der Waals surface area contributed by atoms with Gasteiger partial charge in [0.15, 0.2) is 11.4 Å². The lowest BCUT2D eigenvalue weighted by molar-refractivity contribution is -0.127. The van der Waals surface area contributed by atoms with Crippen molar-refractivity contribution in [3.8, 4) is 11.3 Å². The number of likely N-dealkylation sites (N-methyl/N-ethyl adjacent to an activating group) is 1. The summed E-state index contributed by atoms with van der Waals surface area (Å²) in [6.07, 6.45) is 1.46. The molecule has 0 aliphatic carbocycles. The number of hydrogen-bond donors (Lipinski definition) is 3. The zero-order valence-electron chi connectivity index (χ0n) is 28.9. The molecule has 0 spiro atoms. The lowest BCUT2D eigenvalue weighted by Gasteiger charge is -2.44. The summed E-state index contributed by atoms with van der Waals surface area (Å²) in [5.74, 6) is -1.12. The number of pyridine rings is 2. The molecule has 4 N–H and O–H groups in total. The Bertz CT molecular complexity index is 2000. The number of nitrogen functional groups attached to an aromatic ring is 1. The van der Waals surface area contributed by atoms with E-state index in [1.807, 2.05) is 56.8 Å².